The Labute approximate surface area is 227 Å². The van der Waals surface area contributed by atoms with Crippen LogP contribution in [-0.4, -0.2) is 31.3 Å². The van der Waals surface area contributed by atoms with Crippen molar-refractivity contribution in [3.05, 3.63) is 104 Å². The van der Waals surface area contributed by atoms with Crippen LogP contribution in [-0.2, 0) is 17.9 Å². The summed E-state index contributed by atoms with van der Waals surface area (Å²) in [6.07, 6.45) is 3.27. The van der Waals surface area contributed by atoms with E-state index in [-0.39, 0.29) is 23.8 Å². The molecule has 6 rings (SSSR count). The van der Waals surface area contributed by atoms with Crippen LogP contribution in [0.4, 0.5) is 5.82 Å². The number of pyridine rings is 1. The van der Waals surface area contributed by atoms with E-state index in [9.17, 15) is 9.59 Å². The molecule has 0 atom stereocenters. The van der Waals surface area contributed by atoms with Gasteiger partial charge in [0.1, 0.15) is 15.8 Å². The maximum absolute atomic E-state index is 13.6. The molecule has 190 valence electrons. The van der Waals surface area contributed by atoms with Crippen LogP contribution in [0.2, 0.25) is 0 Å². The first-order valence-electron chi connectivity index (χ1n) is 11.9. The van der Waals surface area contributed by atoms with E-state index in [1.54, 1.807) is 23.2 Å². The molecule has 0 unspecified atom stereocenters. The largest absolute Gasteiger partial charge is 0.454 e. The van der Waals surface area contributed by atoms with Crippen molar-refractivity contribution in [3.8, 4) is 11.5 Å². The summed E-state index contributed by atoms with van der Waals surface area (Å²) in [5.74, 6) is 1.52. The van der Waals surface area contributed by atoms with Crippen LogP contribution in [0.3, 0.4) is 0 Å². The Hall–Kier alpha value is -4.15. The fourth-order valence-corrected chi connectivity index (χ4v) is 5.58. The number of carbonyl (C=O) groups excluding carboxylic acids is 1. The molecule has 4 heterocycles. The summed E-state index contributed by atoms with van der Waals surface area (Å²) in [5.41, 5.74) is 3.31. The fourth-order valence-electron chi connectivity index (χ4n) is 4.35. The molecule has 2 aromatic heterocycles. The van der Waals surface area contributed by atoms with Crippen molar-refractivity contribution < 1.29 is 14.3 Å². The normalized spacial score (nSPS) is 15.6. The lowest BCUT2D eigenvalue weighted by molar-refractivity contribution is -0.122. The third-order valence-electron chi connectivity index (χ3n) is 6.31. The van der Waals surface area contributed by atoms with Gasteiger partial charge in [0.05, 0.1) is 17.0 Å². The quantitative estimate of drug-likeness (QED) is 0.276. The minimum absolute atomic E-state index is 0.195. The van der Waals surface area contributed by atoms with Crippen LogP contribution in [0.25, 0.3) is 11.7 Å². The lowest BCUT2D eigenvalue weighted by Gasteiger charge is -2.14. The summed E-state index contributed by atoms with van der Waals surface area (Å²) in [5, 5.41) is 3.30. The van der Waals surface area contributed by atoms with Crippen molar-refractivity contribution in [1.29, 1.82) is 0 Å². The van der Waals surface area contributed by atoms with E-state index in [0.29, 0.717) is 45.3 Å². The maximum Gasteiger partial charge on any atom is 0.267 e. The number of nitrogens with one attached hydrogen (secondary N) is 1. The van der Waals surface area contributed by atoms with Gasteiger partial charge in [-0.2, -0.15) is 0 Å². The molecule has 0 radical (unpaired) electrons. The average Bonchev–Trinajstić information content (AvgIpc) is 3.50. The van der Waals surface area contributed by atoms with Gasteiger partial charge in [-0.1, -0.05) is 66.4 Å². The molecule has 1 saturated heterocycles. The Morgan fingerprint density at radius 3 is 2.71 bits per heavy atom. The highest BCUT2D eigenvalue weighted by atomic mass is 32.2. The lowest BCUT2D eigenvalue weighted by Crippen LogP contribution is -2.27. The Morgan fingerprint density at radius 2 is 1.87 bits per heavy atom. The summed E-state index contributed by atoms with van der Waals surface area (Å²) in [6.45, 7) is 2.85. The number of carbonyl (C=O) groups is 1. The number of aryl methyl sites for hydroxylation is 1. The first-order valence-corrected chi connectivity index (χ1v) is 13.1. The number of thioether (sulfide) groups is 1. The number of benzene rings is 2. The molecule has 2 aromatic carbocycles. The Morgan fingerprint density at radius 1 is 1.05 bits per heavy atom. The second-order valence-electron chi connectivity index (χ2n) is 8.86. The summed E-state index contributed by atoms with van der Waals surface area (Å²) >= 11 is 6.70. The molecule has 38 heavy (non-hydrogen) atoms. The first kappa shape index (κ1) is 24.2. The summed E-state index contributed by atoms with van der Waals surface area (Å²) in [6, 6.07) is 19.0. The Bertz CT molecular complexity index is 1680. The van der Waals surface area contributed by atoms with Gasteiger partial charge in [0, 0.05) is 12.7 Å². The number of amides is 1. The van der Waals surface area contributed by atoms with Gasteiger partial charge in [-0.3, -0.25) is 18.9 Å². The smallest absolute Gasteiger partial charge is 0.267 e. The highest BCUT2D eigenvalue weighted by Gasteiger charge is 2.32. The van der Waals surface area contributed by atoms with Gasteiger partial charge < -0.3 is 14.8 Å². The van der Waals surface area contributed by atoms with E-state index in [1.807, 2.05) is 61.5 Å². The second kappa shape index (κ2) is 9.96. The van der Waals surface area contributed by atoms with Crippen molar-refractivity contribution in [2.75, 3.05) is 12.1 Å². The molecule has 0 aliphatic carbocycles. The van der Waals surface area contributed by atoms with Crippen molar-refractivity contribution >= 4 is 51.7 Å². The fraction of sp³-hybridized carbons (Fsp3) is 0.143. The molecular formula is C28H22N4O4S2. The molecule has 0 saturated carbocycles. The molecule has 1 N–H and O–H groups in total. The van der Waals surface area contributed by atoms with Gasteiger partial charge >= 0.3 is 0 Å². The van der Waals surface area contributed by atoms with Gasteiger partial charge in [0.15, 0.2) is 11.5 Å². The number of rotatable bonds is 6. The lowest BCUT2D eigenvalue weighted by atomic mass is 10.2. The number of aromatic nitrogens is 2. The first-order chi connectivity index (χ1) is 18.5. The van der Waals surface area contributed by atoms with E-state index in [1.165, 1.54) is 16.2 Å². The van der Waals surface area contributed by atoms with Crippen LogP contribution in [0.5, 0.6) is 11.5 Å². The summed E-state index contributed by atoms with van der Waals surface area (Å²) in [7, 11) is 0. The molecule has 2 aliphatic heterocycles. The SMILES string of the molecule is Cc1cccn2c(=O)c(/C=C3\SC(=S)N(Cc4ccccc4)C3=O)c(NCc3ccc4c(c3)OCO4)nc12. The van der Waals surface area contributed by atoms with Crippen LogP contribution in [0.1, 0.15) is 22.3 Å². The van der Waals surface area contributed by atoms with Crippen LogP contribution in [0, 0.1) is 6.92 Å². The Balaban J connectivity index is 1.36. The monoisotopic (exact) mass is 542 g/mol. The van der Waals surface area contributed by atoms with Gasteiger partial charge in [-0.25, -0.2) is 4.98 Å². The molecule has 8 nitrogen and oxygen atoms in total. The zero-order valence-electron chi connectivity index (χ0n) is 20.3. The second-order valence-corrected chi connectivity index (χ2v) is 10.5. The highest BCUT2D eigenvalue weighted by molar-refractivity contribution is 8.26. The van der Waals surface area contributed by atoms with Crippen molar-refractivity contribution in [2.45, 2.75) is 20.0 Å². The molecule has 4 aromatic rings. The molecule has 2 aliphatic rings. The zero-order valence-corrected chi connectivity index (χ0v) is 22.0. The van der Waals surface area contributed by atoms with Gasteiger partial charge in [-0.15, -0.1) is 0 Å². The van der Waals surface area contributed by atoms with Crippen molar-refractivity contribution in [2.24, 2.45) is 0 Å². The summed E-state index contributed by atoms with van der Waals surface area (Å²) < 4.78 is 12.8. The van der Waals surface area contributed by atoms with E-state index in [2.05, 4.69) is 5.32 Å². The predicted octanol–water partition coefficient (Wildman–Crippen LogP) is 4.75. The van der Waals surface area contributed by atoms with Crippen molar-refractivity contribution in [3.63, 3.8) is 0 Å². The van der Waals surface area contributed by atoms with E-state index in [4.69, 9.17) is 26.7 Å². The standard InChI is InChI=1S/C28H22N4O4S2/c1-17-6-5-11-31-25(17)30-24(29-14-19-9-10-21-22(12-19)36-16-35-21)20(26(31)33)13-23-27(34)32(28(37)38-23)15-18-7-3-2-4-8-18/h2-13,29H,14-16H2,1H3/b23-13-. The molecular weight excluding hydrogens is 520 g/mol. The number of anilines is 1. The minimum Gasteiger partial charge on any atom is -0.454 e. The topological polar surface area (TPSA) is 85.2 Å². The maximum atomic E-state index is 13.6. The number of nitrogens with zero attached hydrogens (tertiary/aromatic N) is 3. The average molecular weight is 543 g/mol. The molecule has 1 fully saturated rings. The van der Waals surface area contributed by atoms with Gasteiger partial charge in [0.2, 0.25) is 6.79 Å². The molecule has 0 bridgehead atoms. The highest BCUT2D eigenvalue weighted by Crippen LogP contribution is 2.35. The van der Waals surface area contributed by atoms with Crippen LogP contribution in [0.15, 0.2) is 76.6 Å². The molecule has 10 heteroatoms. The minimum atomic E-state index is -0.278. The number of fused-ring (bicyclic) bond motifs is 2. The predicted molar refractivity (Wildman–Crippen MR) is 151 cm³/mol. The number of hydrogen-bond donors (Lipinski definition) is 1. The summed E-state index contributed by atoms with van der Waals surface area (Å²) in [4.78, 5) is 33.7. The third-order valence-corrected chi connectivity index (χ3v) is 7.69. The van der Waals surface area contributed by atoms with E-state index < -0.39 is 0 Å². The van der Waals surface area contributed by atoms with Gasteiger partial charge in [-0.05, 0) is 47.9 Å². The van der Waals surface area contributed by atoms with Gasteiger partial charge in [0.25, 0.3) is 11.5 Å². The number of thiocarbonyl (C=S) groups is 1. The molecule has 0 spiro atoms. The van der Waals surface area contributed by atoms with Crippen molar-refractivity contribution in [1.82, 2.24) is 14.3 Å². The number of hydrogen-bond acceptors (Lipinski definition) is 8. The third kappa shape index (κ3) is 4.52. The molecule has 1 amide bonds. The van der Waals surface area contributed by atoms with Crippen LogP contribution < -0.4 is 20.3 Å². The van der Waals surface area contributed by atoms with E-state index >= 15 is 0 Å². The zero-order chi connectivity index (χ0) is 26.2. The number of ether oxygens (including phenoxy) is 2. The van der Waals surface area contributed by atoms with Crippen LogP contribution >= 0.6 is 24.0 Å². The Kier molecular flexibility index (Phi) is 6.34. The van der Waals surface area contributed by atoms with E-state index in [0.717, 1.165) is 16.7 Å².